The summed E-state index contributed by atoms with van der Waals surface area (Å²) in [5, 5.41) is 13.2. The van der Waals surface area contributed by atoms with Gasteiger partial charge >= 0.3 is 0 Å². The van der Waals surface area contributed by atoms with Crippen LogP contribution in [0.1, 0.15) is 51.4 Å². The van der Waals surface area contributed by atoms with Crippen LogP contribution in [-0.4, -0.2) is 32.8 Å². The van der Waals surface area contributed by atoms with Crippen LogP contribution in [0.25, 0.3) is 33.7 Å². The van der Waals surface area contributed by atoms with Crippen molar-refractivity contribution in [1.82, 2.24) is 15.3 Å². The molecule has 2 aromatic heterocycles. The number of pyridine rings is 1. The predicted octanol–water partition coefficient (Wildman–Crippen LogP) is 9.83. The van der Waals surface area contributed by atoms with Crippen molar-refractivity contribution in [2.24, 2.45) is 0 Å². The van der Waals surface area contributed by atoms with Gasteiger partial charge in [-0.1, -0.05) is 139 Å². The molecule has 1 saturated heterocycles. The van der Waals surface area contributed by atoms with Crippen LogP contribution in [-0.2, 0) is 22.6 Å². The van der Waals surface area contributed by atoms with E-state index in [4.69, 9.17) is 18.9 Å². The standard InChI is InChI=1S/C46H39N3O5S/c50-29-31-16-18-34(19-17-31)41-26-40(30-55-46-49-42(35-10-3-1-4-11-35)43(54-46)36-12-5-2-6-13-36)52-45(53-41)37-22-20-33(21-23-37)38-14-7-9-32(25-38)27-48-44(51)39-15-8-24-47-28-39/h1-25,28,40-41,45,50H,26-27,29-30H2,(H,48,51)/t40-,41+,45+/m1/s1. The number of benzene rings is 5. The molecule has 1 fully saturated rings. The molecule has 55 heavy (non-hydrogen) atoms. The molecule has 8 nitrogen and oxygen atoms in total. The minimum Gasteiger partial charge on any atom is -0.431 e. The minimum absolute atomic E-state index is 0.0157. The maximum Gasteiger partial charge on any atom is 0.256 e. The molecule has 0 saturated carbocycles. The lowest BCUT2D eigenvalue weighted by Crippen LogP contribution is -2.31. The summed E-state index contributed by atoms with van der Waals surface area (Å²) in [4.78, 5) is 21.6. The van der Waals surface area contributed by atoms with Gasteiger partial charge in [-0.2, -0.15) is 0 Å². The van der Waals surface area contributed by atoms with E-state index in [9.17, 15) is 9.90 Å². The van der Waals surface area contributed by atoms with Crippen LogP contribution in [0, 0.1) is 0 Å². The van der Waals surface area contributed by atoms with Gasteiger partial charge in [-0.15, -0.1) is 0 Å². The van der Waals surface area contributed by atoms with E-state index in [1.54, 1.807) is 24.5 Å². The van der Waals surface area contributed by atoms with Crippen LogP contribution >= 0.6 is 11.8 Å². The molecule has 0 radical (unpaired) electrons. The summed E-state index contributed by atoms with van der Waals surface area (Å²) in [7, 11) is 0. The molecule has 2 N–H and O–H groups in total. The molecule has 8 rings (SSSR count). The van der Waals surface area contributed by atoms with Crippen LogP contribution in [0.15, 0.2) is 168 Å². The fourth-order valence-corrected chi connectivity index (χ4v) is 7.44. The topological polar surface area (TPSA) is 107 Å². The largest absolute Gasteiger partial charge is 0.431 e. The summed E-state index contributed by atoms with van der Waals surface area (Å²) in [5.74, 6) is 1.18. The quantitative estimate of drug-likeness (QED) is 0.119. The number of hydrogen-bond donors (Lipinski definition) is 2. The minimum atomic E-state index is -0.603. The van der Waals surface area contributed by atoms with Crippen LogP contribution in [0.2, 0.25) is 0 Å². The number of thioether (sulfide) groups is 1. The molecule has 3 heterocycles. The summed E-state index contributed by atoms with van der Waals surface area (Å²) >= 11 is 1.54. The van der Waals surface area contributed by atoms with Crippen molar-refractivity contribution < 1.29 is 23.8 Å². The van der Waals surface area contributed by atoms with E-state index in [0.29, 0.717) is 29.5 Å². The highest BCUT2D eigenvalue weighted by molar-refractivity contribution is 7.99. The van der Waals surface area contributed by atoms with Crippen LogP contribution in [0.4, 0.5) is 0 Å². The Morgan fingerprint density at radius 1 is 0.727 bits per heavy atom. The number of aliphatic hydroxyl groups is 1. The van der Waals surface area contributed by atoms with E-state index in [0.717, 1.165) is 56.0 Å². The van der Waals surface area contributed by atoms with Crippen LogP contribution in [0.3, 0.4) is 0 Å². The van der Waals surface area contributed by atoms with E-state index >= 15 is 0 Å². The molecule has 274 valence electrons. The van der Waals surface area contributed by atoms with E-state index in [-0.39, 0.29) is 24.7 Å². The van der Waals surface area contributed by atoms with Crippen molar-refractivity contribution in [2.45, 2.75) is 43.3 Å². The maximum atomic E-state index is 12.6. The first kappa shape index (κ1) is 36.2. The number of nitrogens with zero attached hydrogens (tertiary/aromatic N) is 2. The van der Waals surface area contributed by atoms with Crippen LogP contribution in [0.5, 0.6) is 0 Å². The summed E-state index contributed by atoms with van der Waals surface area (Å²) < 4.78 is 19.7. The van der Waals surface area contributed by atoms with Crippen molar-refractivity contribution in [1.29, 1.82) is 0 Å². The highest BCUT2D eigenvalue weighted by Gasteiger charge is 2.33. The third kappa shape index (κ3) is 8.77. The number of ether oxygens (including phenoxy) is 2. The Balaban J connectivity index is 0.996. The monoisotopic (exact) mass is 745 g/mol. The molecule has 0 aliphatic carbocycles. The maximum absolute atomic E-state index is 12.6. The zero-order chi connectivity index (χ0) is 37.4. The zero-order valence-electron chi connectivity index (χ0n) is 30.0. The van der Waals surface area contributed by atoms with Gasteiger partial charge in [-0.05, 0) is 46.0 Å². The Bertz CT molecular complexity index is 2260. The van der Waals surface area contributed by atoms with Gasteiger partial charge in [0.1, 0.15) is 5.69 Å². The lowest BCUT2D eigenvalue weighted by molar-refractivity contribution is -0.245. The number of aliphatic hydroxyl groups excluding tert-OH is 1. The zero-order valence-corrected chi connectivity index (χ0v) is 30.8. The number of amides is 1. The number of hydrogen-bond acceptors (Lipinski definition) is 8. The van der Waals surface area contributed by atoms with Gasteiger partial charge in [-0.3, -0.25) is 9.78 Å². The summed E-state index contributed by atoms with van der Waals surface area (Å²) in [6.45, 7) is 0.385. The number of aromatic nitrogens is 2. The Morgan fingerprint density at radius 3 is 2.18 bits per heavy atom. The van der Waals surface area contributed by atoms with Gasteiger partial charge < -0.3 is 24.3 Å². The van der Waals surface area contributed by atoms with E-state index in [1.807, 2.05) is 109 Å². The number of oxazole rings is 1. The molecule has 0 spiro atoms. The predicted molar refractivity (Wildman–Crippen MR) is 214 cm³/mol. The molecular formula is C46H39N3O5S. The van der Waals surface area contributed by atoms with Crippen LogP contribution < -0.4 is 5.32 Å². The summed E-state index contributed by atoms with van der Waals surface area (Å²) in [6.07, 6.45) is 2.85. The average molecular weight is 746 g/mol. The van der Waals surface area contributed by atoms with Gasteiger partial charge in [0, 0.05) is 47.8 Å². The van der Waals surface area contributed by atoms with Crippen molar-refractivity contribution in [3.63, 3.8) is 0 Å². The Morgan fingerprint density at radius 2 is 1.45 bits per heavy atom. The first-order chi connectivity index (χ1) is 27.1. The average Bonchev–Trinajstić information content (AvgIpc) is 3.70. The lowest BCUT2D eigenvalue weighted by atomic mass is 9.99. The molecule has 0 unspecified atom stereocenters. The van der Waals surface area contributed by atoms with Crippen molar-refractivity contribution in [2.75, 3.05) is 5.75 Å². The smallest absolute Gasteiger partial charge is 0.256 e. The van der Waals surface area contributed by atoms with Crippen molar-refractivity contribution >= 4 is 17.7 Å². The van der Waals surface area contributed by atoms with E-state index in [2.05, 4.69) is 34.6 Å². The second-order valence-electron chi connectivity index (χ2n) is 13.3. The molecule has 1 amide bonds. The second-order valence-corrected chi connectivity index (χ2v) is 14.3. The SMILES string of the molecule is O=C(NCc1cccc(-c2ccc([C@H]3O[C@@H](CSc4nc(-c5ccccc5)c(-c5ccccc5)o4)C[C@@H](c4ccc(CO)cc4)O3)cc2)c1)c1cccnc1. The molecule has 7 aromatic rings. The highest BCUT2D eigenvalue weighted by Crippen LogP contribution is 2.41. The molecule has 0 bridgehead atoms. The van der Waals surface area contributed by atoms with Gasteiger partial charge in [0.25, 0.3) is 11.1 Å². The number of carbonyl (C=O) groups is 1. The lowest BCUT2D eigenvalue weighted by Gasteiger charge is -2.36. The van der Waals surface area contributed by atoms with E-state index in [1.165, 1.54) is 11.8 Å². The Kier molecular flexibility index (Phi) is 11.2. The Hall–Kier alpha value is -5.84. The van der Waals surface area contributed by atoms with Gasteiger partial charge in [-0.25, -0.2) is 4.98 Å². The van der Waals surface area contributed by atoms with Crippen molar-refractivity contribution in [3.05, 3.63) is 186 Å². The second kappa shape index (κ2) is 17.1. The molecule has 1 aliphatic rings. The molecule has 5 aromatic carbocycles. The third-order valence-corrected chi connectivity index (χ3v) is 10.5. The number of carbonyl (C=O) groups excluding carboxylic acids is 1. The molecular weight excluding hydrogens is 707 g/mol. The first-order valence-corrected chi connectivity index (χ1v) is 19.2. The number of nitrogens with one attached hydrogen (secondary N) is 1. The molecule has 1 aliphatic heterocycles. The Labute approximate surface area is 324 Å². The summed E-state index contributed by atoms with van der Waals surface area (Å²) in [6, 6.07) is 47.9. The van der Waals surface area contributed by atoms with Gasteiger partial charge in [0.2, 0.25) is 0 Å². The normalized spacial score (nSPS) is 16.8. The third-order valence-electron chi connectivity index (χ3n) is 9.52. The van der Waals surface area contributed by atoms with Crippen molar-refractivity contribution in [3.8, 4) is 33.7 Å². The molecule has 9 heteroatoms. The van der Waals surface area contributed by atoms with Gasteiger partial charge in [0.05, 0.1) is 24.4 Å². The fraction of sp³-hybridized carbons (Fsp3) is 0.152. The van der Waals surface area contributed by atoms with Gasteiger partial charge in [0.15, 0.2) is 12.1 Å². The number of rotatable bonds is 12. The fourth-order valence-electron chi connectivity index (χ4n) is 6.60. The highest BCUT2D eigenvalue weighted by atomic mass is 32.2. The first-order valence-electron chi connectivity index (χ1n) is 18.2. The summed E-state index contributed by atoms with van der Waals surface area (Å²) in [5.41, 5.74) is 9.15. The van der Waals surface area contributed by atoms with E-state index < -0.39 is 6.29 Å². The molecule has 3 atom stereocenters.